The van der Waals surface area contributed by atoms with Gasteiger partial charge in [-0.05, 0) is 29.3 Å². The normalized spacial score (nSPS) is 13.1. The Morgan fingerprint density at radius 3 is 2.09 bits per heavy atom. The zero-order chi connectivity index (χ0) is 23.9. The summed E-state index contributed by atoms with van der Waals surface area (Å²) in [4.78, 5) is 36.5. The SMILES string of the molecule is COC(=O)[C@H](Cc1ccc(C(F)(F)F)cc1)NC(=O)[C@@H](Cc1ccccc1F)NC(C)=O. The second kappa shape index (κ2) is 10.7. The topological polar surface area (TPSA) is 84.5 Å². The average Bonchev–Trinajstić information content (AvgIpc) is 2.73. The molecule has 0 heterocycles. The minimum atomic E-state index is -4.51. The van der Waals surface area contributed by atoms with E-state index >= 15 is 0 Å². The number of hydrogen-bond donors (Lipinski definition) is 2. The maximum Gasteiger partial charge on any atom is 0.416 e. The predicted molar refractivity (Wildman–Crippen MR) is 107 cm³/mol. The van der Waals surface area contributed by atoms with Gasteiger partial charge >= 0.3 is 12.1 Å². The molecular weight excluding hydrogens is 432 g/mol. The summed E-state index contributed by atoms with van der Waals surface area (Å²) in [6.45, 7) is 1.18. The van der Waals surface area contributed by atoms with Crippen LogP contribution in [0, 0.1) is 5.82 Å². The van der Waals surface area contributed by atoms with Crippen LogP contribution in [0.2, 0.25) is 0 Å². The summed E-state index contributed by atoms with van der Waals surface area (Å²) in [7, 11) is 1.10. The highest BCUT2D eigenvalue weighted by Gasteiger charge is 2.31. The van der Waals surface area contributed by atoms with Crippen molar-refractivity contribution < 1.29 is 36.7 Å². The number of ether oxygens (including phenoxy) is 1. The molecule has 0 bridgehead atoms. The fourth-order valence-corrected chi connectivity index (χ4v) is 3.01. The summed E-state index contributed by atoms with van der Waals surface area (Å²) in [6.07, 6.45) is -4.83. The van der Waals surface area contributed by atoms with Crippen molar-refractivity contribution in [1.29, 1.82) is 0 Å². The van der Waals surface area contributed by atoms with Crippen molar-refractivity contribution in [2.45, 2.75) is 38.0 Å². The van der Waals surface area contributed by atoms with Crippen LogP contribution in [-0.2, 0) is 38.1 Å². The van der Waals surface area contributed by atoms with Crippen LogP contribution in [0.15, 0.2) is 48.5 Å². The first-order valence-electron chi connectivity index (χ1n) is 9.56. The molecular formula is C22H22F4N2O4. The first-order chi connectivity index (χ1) is 15.0. The Kier molecular flexibility index (Phi) is 8.34. The highest BCUT2D eigenvalue weighted by Crippen LogP contribution is 2.29. The standard InChI is InChI=1S/C22H22F4N2O4/c1-13(29)27-18(12-15-5-3-4-6-17(15)23)20(30)28-19(21(31)32-2)11-14-7-9-16(10-8-14)22(24,25)26/h3-10,18-19H,11-12H2,1-2H3,(H,27,29)(H,28,30)/t18-,19+/m1/s1. The van der Waals surface area contributed by atoms with E-state index in [1.54, 1.807) is 6.07 Å². The van der Waals surface area contributed by atoms with Gasteiger partial charge in [-0.3, -0.25) is 9.59 Å². The zero-order valence-corrected chi connectivity index (χ0v) is 17.3. The molecule has 0 saturated heterocycles. The van der Waals surface area contributed by atoms with Gasteiger partial charge in [0.2, 0.25) is 11.8 Å². The van der Waals surface area contributed by atoms with Gasteiger partial charge in [0.1, 0.15) is 17.9 Å². The third-order valence-corrected chi connectivity index (χ3v) is 4.60. The van der Waals surface area contributed by atoms with Crippen molar-refractivity contribution in [2.75, 3.05) is 7.11 Å². The van der Waals surface area contributed by atoms with Crippen molar-refractivity contribution in [1.82, 2.24) is 10.6 Å². The summed E-state index contributed by atoms with van der Waals surface area (Å²) in [5.41, 5.74) is -0.326. The molecule has 172 valence electrons. The molecule has 10 heteroatoms. The number of hydrogen-bond acceptors (Lipinski definition) is 4. The first kappa shape index (κ1) is 24.8. The van der Waals surface area contributed by atoms with E-state index in [9.17, 15) is 31.9 Å². The molecule has 2 atom stereocenters. The lowest BCUT2D eigenvalue weighted by molar-refractivity contribution is -0.145. The lowest BCUT2D eigenvalue weighted by Gasteiger charge is -2.22. The van der Waals surface area contributed by atoms with Gasteiger partial charge < -0.3 is 15.4 Å². The van der Waals surface area contributed by atoms with E-state index in [1.807, 2.05) is 0 Å². The number of alkyl halides is 3. The minimum absolute atomic E-state index is 0.150. The third kappa shape index (κ3) is 7.07. The Morgan fingerprint density at radius 1 is 0.938 bits per heavy atom. The highest BCUT2D eigenvalue weighted by atomic mass is 19.4. The molecule has 0 aliphatic carbocycles. The molecule has 2 rings (SSSR count). The number of halogens is 4. The van der Waals surface area contributed by atoms with Crippen molar-refractivity contribution in [2.24, 2.45) is 0 Å². The summed E-state index contributed by atoms with van der Waals surface area (Å²) in [5, 5.41) is 4.84. The van der Waals surface area contributed by atoms with Crippen LogP contribution in [0.4, 0.5) is 17.6 Å². The molecule has 0 aliphatic rings. The molecule has 0 aromatic heterocycles. The molecule has 6 nitrogen and oxygen atoms in total. The van der Waals surface area contributed by atoms with Crippen LogP contribution in [0.1, 0.15) is 23.6 Å². The van der Waals surface area contributed by atoms with Crippen LogP contribution in [0.25, 0.3) is 0 Å². The van der Waals surface area contributed by atoms with Crippen LogP contribution in [0.3, 0.4) is 0 Å². The number of esters is 1. The molecule has 2 amide bonds. The molecule has 2 N–H and O–H groups in total. The van der Waals surface area contributed by atoms with Crippen LogP contribution in [-0.4, -0.2) is 37.0 Å². The average molecular weight is 454 g/mol. The molecule has 0 unspecified atom stereocenters. The monoisotopic (exact) mass is 454 g/mol. The van der Waals surface area contributed by atoms with E-state index in [4.69, 9.17) is 0 Å². The number of methoxy groups -OCH3 is 1. The quantitative estimate of drug-likeness (QED) is 0.475. The summed E-state index contributed by atoms with van der Waals surface area (Å²) in [5.74, 6) is -2.71. The Labute approximate surface area is 181 Å². The molecule has 0 spiro atoms. The van der Waals surface area contributed by atoms with Gasteiger partial charge in [-0.1, -0.05) is 30.3 Å². The Bertz CT molecular complexity index is 961. The molecule has 2 aromatic rings. The fourth-order valence-electron chi connectivity index (χ4n) is 3.01. The predicted octanol–water partition coefficient (Wildman–Crippen LogP) is 2.79. The fraction of sp³-hybridized carbons (Fsp3) is 0.318. The van der Waals surface area contributed by atoms with Gasteiger partial charge in [-0.2, -0.15) is 13.2 Å². The Hall–Kier alpha value is -3.43. The maximum absolute atomic E-state index is 14.0. The van der Waals surface area contributed by atoms with Gasteiger partial charge in [0, 0.05) is 19.8 Å². The zero-order valence-electron chi connectivity index (χ0n) is 17.3. The molecule has 0 saturated carbocycles. The lowest BCUT2D eigenvalue weighted by Crippen LogP contribution is -2.53. The summed E-state index contributed by atoms with van der Waals surface area (Å²) < 4.78 is 56.9. The number of rotatable bonds is 8. The third-order valence-electron chi connectivity index (χ3n) is 4.60. The number of nitrogens with one attached hydrogen (secondary N) is 2. The van der Waals surface area contributed by atoms with Crippen molar-refractivity contribution in [3.63, 3.8) is 0 Å². The largest absolute Gasteiger partial charge is 0.467 e. The van der Waals surface area contributed by atoms with Crippen molar-refractivity contribution in [3.05, 3.63) is 71.0 Å². The van der Waals surface area contributed by atoms with Crippen LogP contribution in [0.5, 0.6) is 0 Å². The molecule has 2 aromatic carbocycles. The van der Waals surface area contributed by atoms with Crippen molar-refractivity contribution in [3.8, 4) is 0 Å². The van der Waals surface area contributed by atoms with Gasteiger partial charge in [-0.25, -0.2) is 9.18 Å². The van der Waals surface area contributed by atoms with Crippen molar-refractivity contribution >= 4 is 17.8 Å². The van der Waals surface area contributed by atoms with E-state index in [-0.39, 0.29) is 18.4 Å². The van der Waals surface area contributed by atoms with Crippen LogP contribution >= 0.6 is 0 Å². The van der Waals surface area contributed by atoms with Gasteiger partial charge in [0.15, 0.2) is 0 Å². The maximum atomic E-state index is 14.0. The molecule has 0 radical (unpaired) electrons. The number of carbonyl (C=O) groups excluding carboxylic acids is 3. The Balaban J connectivity index is 2.19. The Morgan fingerprint density at radius 2 is 1.56 bits per heavy atom. The van der Waals surface area contributed by atoms with E-state index in [0.29, 0.717) is 5.56 Å². The molecule has 0 aliphatic heterocycles. The lowest BCUT2D eigenvalue weighted by atomic mass is 10.0. The number of carbonyl (C=O) groups is 3. The van der Waals surface area contributed by atoms with E-state index in [0.717, 1.165) is 19.2 Å². The second-order valence-corrected chi connectivity index (χ2v) is 7.03. The first-order valence-corrected chi connectivity index (χ1v) is 9.56. The summed E-state index contributed by atoms with van der Waals surface area (Å²) >= 11 is 0. The van der Waals surface area contributed by atoms with Gasteiger partial charge in [0.05, 0.1) is 12.7 Å². The van der Waals surface area contributed by atoms with Crippen LogP contribution < -0.4 is 10.6 Å². The van der Waals surface area contributed by atoms with E-state index in [1.165, 1.54) is 37.3 Å². The highest BCUT2D eigenvalue weighted by molar-refractivity contribution is 5.90. The molecule has 32 heavy (non-hydrogen) atoms. The van der Waals surface area contributed by atoms with E-state index in [2.05, 4.69) is 15.4 Å². The number of benzene rings is 2. The van der Waals surface area contributed by atoms with E-state index < -0.39 is 47.4 Å². The van der Waals surface area contributed by atoms with Gasteiger partial charge in [-0.15, -0.1) is 0 Å². The number of amides is 2. The van der Waals surface area contributed by atoms with Gasteiger partial charge in [0.25, 0.3) is 0 Å². The smallest absolute Gasteiger partial charge is 0.416 e. The minimum Gasteiger partial charge on any atom is -0.467 e. The molecule has 0 fully saturated rings. The summed E-state index contributed by atoms with van der Waals surface area (Å²) in [6, 6.07) is 7.40. The second-order valence-electron chi connectivity index (χ2n) is 7.03.